The predicted molar refractivity (Wildman–Crippen MR) is 72.7 cm³/mol. The average Bonchev–Trinajstić information content (AvgIpc) is 2.47. The molecular weight excluding hydrogens is 226 g/mol. The maximum absolute atomic E-state index is 12.8. The third-order valence-corrected chi connectivity index (χ3v) is 4.80. The Hall–Kier alpha value is -0.410. The normalized spacial score (nSPS) is 29.8. The van der Waals surface area contributed by atoms with Crippen LogP contribution in [0.25, 0.3) is 0 Å². The lowest BCUT2D eigenvalue weighted by Crippen LogP contribution is -2.56. The van der Waals surface area contributed by atoms with Crippen LogP contribution in [0.1, 0.15) is 52.4 Å². The summed E-state index contributed by atoms with van der Waals surface area (Å²) in [5, 5.41) is 0. The van der Waals surface area contributed by atoms with E-state index in [1.165, 1.54) is 19.3 Å². The van der Waals surface area contributed by atoms with Crippen LogP contribution in [0.3, 0.4) is 0 Å². The van der Waals surface area contributed by atoms with Crippen LogP contribution >= 0.6 is 0 Å². The number of carbonyl (C=O) groups is 1. The Morgan fingerprint density at radius 2 is 2.00 bits per heavy atom. The minimum atomic E-state index is -0.258. The van der Waals surface area contributed by atoms with Gasteiger partial charge in [0, 0.05) is 12.5 Å². The zero-order chi connectivity index (χ0) is 13.0. The van der Waals surface area contributed by atoms with Crippen molar-refractivity contribution >= 4 is 5.78 Å². The number of Topliss-reactive ketones (excluding diaryl/α,β-unsaturated/α-hetero) is 1. The van der Waals surface area contributed by atoms with Gasteiger partial charge < -0.3 is 4.74 Å². The summed E-state index contributed by atoms with van der Waals surface area (Å²) in [6.07, 6.45) is 6.77. The van der Waals surface area contributed by atoms with Crippen molar-refractivity contribution in [1.29, 1.82) is 0 Å². The fourth-order valence-electron chi connectivity index (χ4n) is 3.33. The van der Waals surface area contributed by atoms with Gasteiger partial charge in [-0.1, -0.05) is 13.3 Å². The summed E-state index contributed by atoms with van der Waals surface area (Å²) in [5.74, 6) is 0.553. The smallest absolute Gasteiger partial charge is 0.158 e. The molecule has 2 rings (SSSR count). The fraction of sp³-hybridized carbons (Fsp3) is 0.933. The Labute approximate surface area is 111 Å². The highest BCUT2D eigenvalue weighted by molar-refractivity contribution is 5.90. The van der Waals surface area contributed by atoms with Gasteiger partial charge in [0.1, 0.15) is 0 Å². The van der Waals surface area contributed by atoms with E-state index in [0.717, 1.165) is 39.0 Å². The van der Waals surface area contributed by atoms with Gasteiger partial charge in [-0.3, -0.25) is 9.69 Å². The van der Waals surface area contributed by atoms with Crippen LogP contribution in [-0.2, 0) is 9.53 Å². The molecule has 0 radical (unpaired) electrons. The van der Waals surface area contributed by atoms with Gasteiger partial charge in [0.25, 0.3) is 0 Å². The molecule has 2 aliphatic rings. The molecule has 0 saturated carbocycles. The number of hydrogen-bond acceptors (Lipinski definition) is 3. The topological polar surface area (TPSA) is 29.5 Å². The van der Waals surface area contributed by atoms with E-state index >= 15 is 0 Å². The van der Waals surface area contributed by atoms with E-state index in [9.17, 15) is 4.79 Å². The number of nitrogens with zero attached hydrogens (tertiary/aromatic N) is 1. The number of likely N-dealkylation sites (tertiary alicyclic amines) is 1. The Balaban J connectivity index is 2.06. The summed E-state index contributed by atoms with van der Waals surface area (Å²) in [6, 6.07) is 0. The molecule has 3 nitrogen and oxygen atoms in total. The molecule has 2 heterocycles. The number of rotatable bonds is 4. The molecule has 0 amide bonds. The highest BCUT2D eigenvalue weighted by atomic mass is 16.5. The fourth-order valence-corrected chi connectivity index (χ4v) is 3.33. The van der Waals surface area contributed by atoms with Crippen LogP contribution in [0.15, 0.2) is 0 Å². The lowest BCUT2D eigenvalue weighted by molar-refractivity contribution is -0.139. The van der Waals surface area contributed by atoms with Crippen molar-refractivity contribution < 1.29 is 9.53 Å². The van der Waals surface area contributed by atoms with Crippen LogP contribution in [0.4, 0.5) is 0 Å². The van der Waals surface area contributed by atoms with Crippen LogP contribution in [0.5, 0.6) is 0 Å². The number of ether oxygens (including phenoxy) is 1. The Morgan fingerprint density at radius 1 is 1.28 bits per heavy atom. The van der Waals surface area contributed by atoms with Gasteiger partial charge in [0.2, 0.25) is 0 Å². The molecule has 0 aromatic heterocycles. The standard InChI is InChI=1S/C15H27NO2/c1-3-15(2,16-9-5-4-6-10-16)14(17)13-8-7-11-18-12-13/h13H,3-12H2,1-2H3. The minimum absolute atomic E-state index is 0.130. The monoisotopic (exact) mass is 253 g/mol. The molecule has 104 valence electrons. The van der Waals surface area contributed by atoms with Crippen molar-refractivity contribution in [2.45, 2.75) is 57.9 Å². The van der Waals surface area contributed by atoms with Crippen LogP contribution in [-0.4, -0.2) is 42.5 Å². The SMILES string of the molecule is CCC(C)(C(=O)C1CCCOC1)N1CCCCC1. The minimum Gasteiger partial charge on any atom is -0.381 e. The summed E-state index contributed by atoms with van der Waals surface area (Å²) in [7, 11) is 0. The summed E-state index contributed by atoms with van der Waals surface area (Å²) in [6.45, 7) is 7.94. The Kier molecular flexibility index (Phi) is 4.79. The zero-order valence-corrected chi connectivity index (χ0v) is 11.9. The van der Waals surface area contributed by atoms with Crippen molar-refractivity contribution in [3.8, 4) is 0 Å². The number of piperidine rings is 1. The van der Waals surface area contributed by atoms with Crippen LogP contribution in [0.2, 0.25) is 0 Å². The van der Waals surface area contributed by atoms with Crippen molar-refractivity contribution in [3.05, 3.63) is 0 Å². The van der Waals surface area contributed by atoms with E-state index in [-0.39, 0.29) is 11.5 Å². The maximum Gasteiger partial charge on any atom is 0.158 e. The number of ketones is 1. The second kappa shape index (κ2) is 6.16. The molecule has 18 heavy (non-hydrogen) atoms. The Morgan fingerprint density at radius 3 is 2.56 bits per heavy atom. The summed E-state index contributed by atoms with van der Waals surface area (Å²) < 4.78 is 5.49. The largest absolute Gasteiger partial charge is 0.381 e. The highest BCUT2D eigenvalue weighted by Gasteiger charge is 2.41. The van der Waals surface area contributed by atoms with E-state index in [0.29, 0.717) is 12.4 Å². The van der Waals surface area contributed by atoms with Crippen LogP contribution < -0.4 is 0 Å². The van der Waals surface area contributed by atoms with Crippen molar-refractivity contribution in [3.63, 3.8) is 0 Å². The van der Waals surface area contributed by atoms with E-state index in [4.69, 9.17) is 4.74 Å². The van der Waals surface area contributed by atoms with Gasteiger partial charge in [0.15, 0.2) is 5.78 Å². The van der Waals surface area contributed by atoms with E-state index < -0.39 is 0 Å². The molecule has 0 aromatic rings. The molecule has 2 saturated heterocycles. The second-order valence-electron chi connectivity index (χ2n) is 5.95. The highest BCUT2D eigenvalue weighted by Crippen LogP contribution is 2.30. The first-order chi connectivity index (χ1) is 8.68. The number of carbonyl (C=O) groups excluding carboxylic acids is 1. The Bertz CT molecular complexity index is 280. The molecule has 0 spiro atoms. The maximum atomic E-state index is 12.8. The van der Waals surface area contributed by atoms with Crippen molar-refractivity contribution in [2.24, 2.45) is 5.92 Å². The van der Waals surface area contributed by atoms with Gasteiger partial charge in [-0.05, 0) is 52.1 Å². The van der Waals surface area contributed by atoms with Crippen LogP contribution in [0, 0.1) is 5.92 Å². The molecule has 0 N–H and O–H groups in total. The summed E-state index contributed by atoms with van der Waals surface area (Å²) in [4.78, 5) is 15.3. The average molecular weight is 253 g/mol. The molecule has 3 heteroatoms. The molecule has 2 unspecified atom stereocenters. The molecule has 0 bridgehead atoms. The third-order valence-electron chi connectivity index (χ3n) is 4.80. The predicted octanol–water partition coefficient (Wildman–Crippen LogP) is 2.64. The van der Waals surface area contributed by atoms with Crippen molar-refractivity contribution in [2.75, 3.05) is 26.3 Å². The van der Waals surface area contributed by atoms with Gasteiger partial charge in [0.05, 0.1) is 12.1 Å². The summed E-state index contributed by atoms with van der Waals surface area (Å²) >= 11 is 0. The van der Waals surface area contributed by atoms with Crippen molar-refractivity contribution in [1.82, 2.24) is 4.90 Å². The molecule has 0 aromatic carbocycles. The first-order valence-electron chi connectivity index (χ1n) is 7.55. The van der Waals surface area contributed by atoms with Gasteiger partial charge in [-0.25, -0.2) is 0 Å². The zero-order valence-electron chi connectivity index (χ0n) is 11.9. The van der Waals surface area contributed by atoms with E-state index in [2.05, 4.69) is 18.7 Å². The van der Waals surface area contributed by atoms with Gasteiger partial charge in [-0.15, -0.1) is 0 Å². The molecule has 2 fully saturated rings. The molecule has 0 aliphatic carbocycles. The second-order valence-corrected chi connectivity index (χ2v) is 5.95. The third kappa shape index (κ3) is 2.77. The van der Waals surface area contributed by atoms with E-state index in [1.54, 1.807) is 0 Å². The molecule has 2 atom stereocenters. The first-order valence-corrected chi connectivity index (χ1v) is 7.55. The number of hydrogen-bond donors (Lipinski definition) is 0. The quantitative estimate of drug-likeness (QED) is 0.771. The van der Waals surface area contributed by atoms with Gasteiger partial charge >= 0.3 is 0 Å². The molecular formula is C15H27NO2. The lowest BCUT2D eigenvalue weighted by atomic mass is 9.80. The lowest BCUT2D eigenvalue weighted by Gasteiger charge is -2.44. The van der Waals surface area contributed by atoms with E-state index in [1.807, 2.05) is 0 Å². The van der Waals surface area contributed by atoms with Gasteiger partial charge in [-0.2, -0.15) is 0 Å². The molecule has 2 aliphatic heterocycles. The first kappa shape index (κ1) is 14.0. The summed E-state index contributed by atoms with van der Waals surface area (Å²) in [5.41, 5.74) is -0.258.